The van der Waals surface area contributed by atoms with Crippen molar-refractivity contribution in [2.45, 2.75) is 12.8 Å². The smallest absolute Gasteiger partial charge is 0.101 e. The molecule has 0 amide bonds. The fraction of sp³-hybridized carbons (Fsp3) is 0.533. The molecular formula is C15H22N4. The minimum atomic E-state index is 0.695. The molecule has 4 heteroatoms. The van der Waals surface area contributed by atoms with Crippen LogP contribution in [0.4, 0.5) is 5.69 Å². The van der Waals surface area contributed by atoms with Crippen molar-refractivity contribution in [2.75, 3.05) is 38.0 Å². The normalized spacial score (nSPS) is 17.1. The van der Waals surface area contributed by atoms with Gasteiger partial charge in [0.15, 0.2) is 0 Å². The van der Waals surface area contributed by atoms with Crippen molar-refractivity contribution in [3.63, 3.8) is 0 Å². The third kappa shape index (κ3) is 3.95. The van der Waals surface area contributed by atoms with Gasteiger partial charge in [0, 0.05) is 19.6 Å². The molecule has 19 heavy (non-hydrogen) atoms. The van der Waals surface area contributed by atoms with Crippen LogP contribution in [0.5, 0.6) is 0 Å². The molecular weight excluding hydrogens is 236 g/mol. The molecule has 1 aliphatic rings. The van der Waals surface area contributed by atoms with Crippen LogP contribution in [-0.2, 0) is 0 Å². The molecule has 1 aliphatic heterocycles. The van der Waals surface area contributed by atoms with E-state index in [0.29, 0.717) is 5.92 Å². The summed E-state index contributed by atoms with van der Waals surface area (Å²) in [6.45, 7) is 5.00. The number of piperidine rings is 1. The second-order valence-corrected chi connectivity index (χ2v) is 5.11. The molecule has 0 aromatic heterocycles. The molecule has 1 aromatic carbocycles. The number of nitriles is 1. The SMILES string of the molecule is N#Cc1ccccc1NCC1CCN(CCN)CC1. The summed E-state index contributed by atoms with van der Waals surface area (Å²) in [6, 6.07) is 9.91. The van der Waals surface area contributed by atoms with Gasteiger partial charge in [0.1, 0.15) is 6.07 Å². The highest BCUT2D eigenvalue weighted by Gasteiger charge is 2.18. The zero-order chi connectivity index (χ0) is 13.5. The number of benzene rings is 1. The number of hydrogen-bond acceptors (Lipinski definition) is 4. The molecule has 0 spiro atoms. The van der Waals surface area contributed by atoms with Crippen LogP contribution < -0.4 is 11.1 Å². The van der Waals surface area contributed by atoms with Gasteiger partial charge in [-0.05, 0) is 44.0 Å². The highest BCUT2D eigenvalue weighted by Crippen LogP contribution is 2.19. The number of nitrogens with two attached hydrogens (primary N) is 1. The second-order valence-electron chi connectivity index (χ2n) is 5.11. The van der Waals surface area contributed by atoms with Crippen LogP contribution in [-0.4, -0.2) is 37.6 Å². The number of likely N-dealkylation sites (tertiary alicyclic amines) is 1. The molecule has 0 saturated carbocycles. The summed E-state index contributed by atoms with van der Waals surface area (Å²) >= 11 is 0. The maximum Gasteiger partial charge on any atom is 0.101 e. The van der Waals surface area contributed by atoms with E-state index in [-0.39, 0.29) is 0 Å². The first-order valence-electron chi connectivity index (χ1n) is 6.99. The third-order valence-corrected chi connectivity index (χ3v) is 3.78. The van der Waals surface area contributed by atoms with Crippen LogP contribution in [0.15, 0.2) is 24.3 Å². The second kappa shape index (κ2) is 7.13. The van der Waals surface area contributed by atoms with E-state index in [0.717, 1.165) is 44.0 Å². The van der Waals surface area contributed by atoms with Gasteiger partial charge in [0.2, 0.25) is 0 Å². The van der Waals surface area contributed by atoms with E-state index in [9.17, 15) is 0 Å². The van der Waals surface area contributed by atoms with Crippen LogP contribution in [0.1, 0.15) is 18.4 Å². The fourth-order valence-electron chi connectivity index (χ4n) is 2.59. The van der Waals surface area contributed by atoms with Crippen molar-refractivity contribution < 1.29 is 0 Å². The van der Waals surface area contributed by atoms with Gasteiger partial charge in [-0.2, -0.15) is 5.26 Å². The van der Waals surface area contributed by atoms with Gasteiger partial charge in [0.05, 0.1) is 11.3 Å². The van der Waals surface area contributed by atoms with E-state index in [1.807, 2.05) is 24.3 Å². The van der Waals surface area contributed by atoms with Gasteiger partial charge < -0.3 is 16.0 Å². The first-order chi connectivity index (χ1) is 9.33. The largest absolute Gasteiger partial charge is 0.384 e. The van der Waals surface area contributed by atoms with Gasteiger partial charge in [-0.15, -0.1) is 0 Å². The fourth-order valence-corrected chi connectivity index (χ4v) is 2.59. The molecule has 1 saturated heterocycles. The van der Waals surface area contributed by atoms with Gasteiger partial charge in [-0.1, -0.05) is 12.1 Å². The zero-order valence-electron chi connectivity index (χ0n) is 11.3. The lowest BCUT2D eigenvalue weighted by molar-refractivity contribution is 0.194. The van der Waals surface area contributed by atoms with E-state index >= 15 is 0 Å². The molecule has 3 N–H and O–H groups in total. The maximum atomic E-state index is 9.04. The predicted octanol–water partition coefficient (Wildman–Crippen LogP) is 1.64. The van der Waals surface area contributed by atoms with Crippen molar-refractivity contribution in [3.05, 3.63) is 29.8 Å². The Morgan fingerprint density at radius 3 is 2.74 bits per heavy atom. The summed E-state index contributed by atoms with van der Waals surface area (Å²) in [4.78, 5) is 2.43. The van der Waals surface area contributed by atoms with E-state index in [1.165, 1.54) is 12.8 Å². The summed E-state index contributed by atoms with van der Waals surface area (Å²) in [7, 11) is 0. The molecule has 0 radical (unpaired) electrons. The van der Waals surface area contributed by atoms with Gasteiger partial charge in [-0.3, -0.25) is 0 Å². The Labute approximate surface area is 115 Å². The highest BCUT2D eigenvalue weighted by atomic mass is 15.1. The monoisotopic (exact) mass is 258 g/mol. The molecule has 0 bridgehead atoms. The molecule has 0 atom stereocenters. The zero-order valence-corrected chi connectivity index (χ0v) is 11.3. The quantitative estimate of drug-likeness (QED) is 0.842. The lowest BCUT2D eigenvalue weighted by Gasteiger charge is -2.31. The van der Waals surface area contributed by atoms with Crippen LogP contribution in [0.2, 0.25) is 0 Å². The predicted molar refractivity (Wildman–Crippen MR) is 77.9 cm³/mol. The van der Waals surface area contributed by atoms with Crippen molar-refractivity contribution in [2.24, 2.45) is 11.7 Å². The summed E-state index contributed by atoms with van der Waals surface area (Å²) in [5, 5.41) is 12.5. The van der Waals surface area contributed by atoms with Crippen molar-refractivity contribution >= 4 is 5.69 Å². The Balaban J connectivity index is 1.79. The number of para-hydroxylation sites is 1. The molecule has 0 aliphatic carbocycles. The number of hydrogen-bond donors (Lipinski definition) is 2. The average Bonchev–Trinajstić information content (AvgIpc) is 2.47. The molecule has 2 rings (SSSR count). The highest BCUT2D eigenvalue weighted by molar-refractivity contribution is 5.57. The third-order valence-electron chi connectivity index (χ3n) is 3.78. The summed E-state index contributed by atoms with van der Waals surface area (Å²) < 4.78 is 0. The Morgan fingerprint density at radius 2 is 2.05 bits per heavy atom. The van der Waals surface area contributed by atoms with Crippen LogP contribution in [0.25, 0.3) is 0 Å². The van der Waals surface area contributed by atoms with Gasteiger partial charge in [0.25, 0.3) is 0 Å². The van der Waals surface area contributed by atoms with Gasteiger partial charge in [-0.25, -0.2) is 0 Å². The standard InChI is InChI=1S/C15H22N4/c16-7-10-19-8-5-13(6-9-19)12-18-15-4-2-1-3-14(15)11-17/h1-4,13,18H,5-10,12,16H2. The number of nitrogens with zero attached hydrogens (tertiary/aromatic N) is 2. The number of nitrogens with one attached hydrogen (secondary N) is 1. The first kappa shape index (κ1) is 13.9. The Bertz CT molecular complexity index is 430. The Hall–Kier alpha value is -1.57. The van der Waals surface area contributed by atoms with Gasteiger partial charge >= 0.3 is 0 Å². The van der Waals surface area contributed by atoms with E-state index in [4.69, 9.17) is 11.0 Å². The minimum absolute atomic E-state index is 0.695. The van der Waals surface area contributed by atoms with Crippen LogP contribution in [0.3, 0.4) is 0 Å². The summed E-state index contributed by atoms with van der Waals surface area (Å²) in [5.74, 6) is 0.695. The molecule has 1 fully saturated rings. The molecule has 4 nitrogen and oxygen atoms in total. The van der Waals surface area contributed by atoms with Crippen molar-refractivity contribution in [1.82, 2.24) is 4.90 Å². The maximum absolute atomic E-state index is 9.04. The van der Waals surface area contributed by atoms with E-state index in [2.05, 4.69) is 16.3 Å². The lowest BCUT2D eigenvalue weighted by atomic mass is 9.96. The lowest BCUT2D eigenvalue weighted by Crippen LogP contribution is -2.38. The minimum Gasteiger partial charge on any atom is -0.384 e. The van der Waals surface area contributed by atoms with Crippen molar-refractivity contribution in [1.29, 1.82) is 5.26 Å². The average molecular weight is 258 g/mol. The van der Waals surface area contributed by atoms with E-state index in [1.54, 1.807) is 0 Å². The topological polar surface area (TPSA) is 65.1 Å². The van der Waals surface area contributed by atoms with E-state index < -0.39 is 0 Å². The van der Waals surface area contributed by atoms with Crippen molar-refractivity contribution in [3.8, 4) is 6.07 Å². The molecule has 0 unspecified atom stereocenters. The van der Waals surface area contributed by atoms with Crippen LogP contribution >= 0.6 is 0 Å². The Kier molecular flexibility index (Phi) is 5.20. The first-order valence-corrected chi connectivity index (χ1v) is 6.99. The molecule has 1 aromatic rings. The Morgan fingerprint density at radius 1 is 1.32 bits per heavy atom. The molecule has 1 heterocycles. The summed E-state index contributed by atoms with van der Waals surface area (Å²) in [5.41, 5.74) is 7.25. The molecule has 102 valence electrons. The van der Waals surface area contributed by atoms with Crippen LogP contribution in [0, 0.1) is 17.2 Å². The number of rotatable bonds is 5. The summed E-state index contributed by atoms with van der Waals surface area (Å²) in [6.07, 6.45) is 2.42. The number of anilines is 1.